The highest BCUT2D eigenvalue weighted by Gasteiger charge is 2.08. The molecule has 4 nitrogen and oxygen atoms in total. The van der Waals surface area contributed by atoms with Crippen LogP contribution in [0, 0.1) is 0 Å². The van der Waals surface area contributed by atoms with E-state index in [2.05, 4.69) is 57.6 Å². The lowest BCUT2D eigenvalue weighted by Gasteiger charge is -2.11. The summed E-state index contributed by atoms with van der Waals surface area (Å²) in [5.41, 5.74) is 4.21. The second-order valence-electron chi connectivity index (χ2n) is 7.81. The molecule has 4 aromatic carbocycles. The van der Waals surface area contributed by atoms with E-state index in [0.717, 1.165) is 34.2 Å². The fourth-order valence-electron chi connectivity index (χ4n) is 3.51. The van der Waals surface area contributed by atoms with E-state index in [1.807, 2.05) is 66.7 Å². The molecule has 0 fully saturated rings. The largest absolute Gasteiger partial charge is 0.494 e. The summed E-state index contributed by atoms with van der Waals surface area (Å²) in [4.78, 5) is 12.3. The van der Waals surface area contributed by atoms with Gasteiger partial charge >= 0.3 is 0 Å². The number of hydrogen-bond acceptors (Lipinski definition) is 3. The van der Waals surface area contributed by atoms with Crippen molar-refractivity contribution in [2.24, 2.45) is 0 Å². The fourth-order valence-corrected chi connectivity index (χ4v) is 4.01. The maximum atomic E-state index is 12.3. The van der Waals surface area contributed by atoms with Gasteiger partial charge in [0.05, 0.1) is 11.1 Å². The van der Waals surface area contributed by atoms with Crippen molar-refractivity contribution in [2.45, 2.75) is 12.8 Å². The minimum absolute atomic E-state index is 0.0823. The van der Waals surface area contributed by atoms with E-state index in [1.165, 1.54) is 5.56 Å². The Morgan fingerprint density at radius 3 is 2.18 bits per heavy atom. The maximum Gasteiger partial charge on any atom is 0.262 e. The first-order valence-electron chi connectivity index (χ1n) is 11.2. The van der Waals surface area contributed by atoms with Gasteiger partial charge in [-0.1, -0.05) is 66.7 Å². The Hall–Kier alpha value is -3.57. The standard InChI is InChI=1S/C29H26BrNO3/c30-27-20-24(23-11-5-2-6-12-23)13-18-28(27)34-21-29(32)31-25-14-16-26(17-15-25)33-19-7-10-22-8-3-1-4-9-22/h1-6,8-9,11-18,20H,7,10,19,21H2,(H,31,32). The smallest absolute Gasteiger partial charge is 0.262 e. The molecule has 0 bridgehead atoms. The van der Waals surface area contributed by atoms with Crippen molar-refractivity contribution in [3.63, 3.8) is 0 Å². The molecule has 0 aromatic heterocycles. The Morgan fingerprint density at radius 2 is 1.47 bits per heavy atom. The van der Waals surface area contributed by atoms with Crippen LogP contribution in [0.1, 0.15) is 12.0 Å². The topological polar surface area (TPSA) is 47.6 Å². The Bertz CT molecular complexity index is 1200. The van der Waals surface area contributed by atoms with Crippen molar-refractivity contribution in [3.05, 3.63) is 113 Å². The van der Waals surface area contributed by atoms with Crippen molar-refractivity contribution in [3.8, 4) is 22.6 Å². The van der Waals surface area contributed by atoms with Crippen molar-refractivity contribution in [2.75, 3.05) is 18.5 Å². The monoisotopic (exact) mass is 515 g/mol. The lowest BCUT2D eigenvalue weighted by molar-refractivity contribution is -0.118. The lowest BCUT2D eigenvalue weighted by Crippen LogP contribution is -2.20. The summed E-state index contributed by atoms with van der Waals surface area (Å²) in [6, 6.07) is 33.7. The Labute approximate surface area is 208 Å². The molecule has 4 aromatic rings. The van der Waals surface area contributed by atoms with Gasteiger partial charge in [-0.05, 0) is 81.9 Å². The van der Waals surface area contributed by atoms with E-state index in [4.69, 9.17) is 9.47 Å². The summed E-state index contributed by atoms with van der Waals surface area (Å²) < 4.78 is 12.3. The molecule has 0 saturated carbocycles. The van der Waals surface area contributed by atoms with Crippen LogP contribution in [0.5, 0.6) is 11.5 Å². The zero-order valence-electron chi connectivity index (χ0n) is 18.7. The molecule has 1 N–H and O–H groups in total. The first-order valence-corrected chi connectivity index (χ1v) is 12.0. The van der Waals surface area contributed by atoms with Gasteiger partial charge in [0.1, 0.15) is 11.5 Å². The summed E-state index contributed by atoms with van der Waals surface area (Å²) in [6.45, 7) is 0.563. The first-order chi connectivity index (χ1) is 16.7. The van der Waals surface area contributed by atoms with Crippen LogP contribution in [-0.2, 0) is 11.2 Å². The first kappa shape index (κ1) is 23.6. The number of aryl methyl sites for hydroxylation is 1. The van der Waals surface area contributed by atoms with Gasteiger partial charge in [-0.2, -0.15) is 0 Å². The van der Waals surface area contributed by atoms with Crippen LogP contribution >= 0.6 is 15.9 Å². The number of anilines is 1. The highest BCUT2D eigenvalue weighted by Crippen LogP contribution is 2.30. The molecule has 0 saturated heterocycles. The van der Waals surface area contributed by atoms with Crippen molar-refractivity contribution >= 4 is 27.5 Å². The SMILES string of the molecule is O=C(COc1ccc(-c2ccccc2)cc1Br)Nc1ccc(OCCCc2ccccc2)cc1. The molecule has 34 heavy (non-hydrogen) atoms. The summed E-state index contributed by atoms with van der Waals surface area (Å²) in [6.07, 6.45) is 1.93. The summed E-state index contributed by atoms with van der Waals surface area (Å²) in [5, 5.41) is 2.85. The lowest BCUT2D eigenvalue weighted by atomic mass is 10.1. The van der Waals surface area contributed by atoms with Crippen molar-refractivity contribution in [1.29, 1.82) is 0 Å². The van der Waals surface area contributed by atoms with Gasteiger partial charge in [-0.15, -0.1) is 0 Å². The zero-order chi connectivity index (χ0) is 23.6. The number of ether oxygens (including phenoxy) is 2. The normalized spacial score (nSPS) is 10.5. The van der Waals surface area contributed by atoms with Gasteiger partial charge in [-0.3, -0.25) is 4.79 Å². The minimum Gasteiger partial charge on any atom is -0.494 e. The van der Waals surface area contributed by atoms with Gasteiger partial charge in [0, 0.05) is 5.69 Å². The molecular weight excluding hydrogens is 490 g/mol. The zero-order valence-corrected chi connectivity index (χ0v) is 20.3. The summed E-state index contributed by atoms with van der Waals surface area (Å²) in [5.74, 6) is 1.18. The number of carbonyl (C=O) groups excluding carboxylic acids is 1. The molecule has 1 amide bonds. The Kier molecular flexibility index (Phi) is 8.36. The maximum absolute atomic E-state index is 12.3. The third-order valence-corrected chi connectivity index (χ3v) is 5.88. The minimum atomic E-state index is -0.226. The predicted molar refractivity (Wildman–Crippen MR) is 140 cm³/mol. The molecule has 0 aliphatic rings. The van der Waals surface area contributed by atoms with E-state index >= 15 is 0 Å². The molecule has 4 rings (SSSR count). The molecule has 172 valence electrons. The van der Waals surface area contributed by atoms with Gasteiger partial charge in [-0.25, -0.2) is 0 Å². The van der Waals surface area contributed by atoms with Crippen LogP contribution in [0.15, 0.2) is 108 Å². The van der Waals surface area contributed by atoms with Crippen LogP contribution < -0.4 is 14.8 Å². The number of carbonyl (C=O) groups is 1. The van der Waals surface area contributed by atoms with Gasteiger partial charge < -0.3 is 14.8 Å². The summed E-state index contributed by atoms with van der Waals surface area (Å²) >= 11 is 3.54. The third kappa shape index (κ3) is 6.96. The second kappa shape index (κ2) is 12.1. The number of rotatable bonds is 10. The molecule has 0 aliphatic heterocycles. The Balaban J connectivity index is 1.21. The van der Waals surface area contributed by atoms with E-state index < -0.39 is 0 Å². The molecule has 0 aliphatic carbocycles. The van der Waals surface area contributed by atoms with E-state index in [-0.39, 0.29) is 12.5 Å². The highest BCUT2D eigenvalue weighted by atomic mass is 79.9. The Morgan fingerprint density at radius 1 is 0.765 bits per heavy atom. The molecule has 5 heteroatoms. The van der Waals surface area contributed by atoms with E-state index in [9.17, 15) is 4.79 Å². The van der Waals surface area contributed by atoms with Gasteiger partial charge in [0.15, 0.2) is 6.61 Å². The average Bonchev–Trinajstić information content (AvgIpc) is 2.88. The molecular formula is C29H26BrNO3. The molecule has 0 spiro atoms. The van der Waals surface area contributed by atoms with Crippen LogP contribution in [0.2, 0.25) is 0 Å². The van der Waals surface area contributed by atoms with Crippen LogP contribution in [0.4, 0.5) is 5.69 Å². The number of hydrogen-bond donors (Lipinski definition) is 1. The van der Waals surface area contributed by atoms with Crippen LogP contribution in [-0.4, -0.2) is 19.1 Å². The van der Waals surface area contributed by atoms with E-state index in [1.54, 1.807) is 0 Å². The van der Waals surface area contributed by atoms with E-state index in [0.29, 0.717) is 18.0 Å². The molecule has 0 atom stereocenters. The average molecular weight is 516 g/mol. The third-order valence-electron chi connectivity index (χ3n) is 5.26. The van der Waals surface area contributed by atoms with Crippen LogP contribution in [0.25, 0.3) is 11.1 Å². The number of amides is 1. The second-order valence-corrected chi connectivity index (χ2v) is 8.66. The number of benzene rings is 4. The fraction of sp³-hybridized carbons (Fsp3) is 0.138. The molecule has 0 heterocycles. The predicted octanol–water partition coefficient (Wildman–Crippen LogP) is 7.15. The van der Waals surface area contributed by atoms with Gasteiger partial charge in [0.25, 0.3) is 5.91 Å². The summed E-state index contributed by atoms with van der Waals surface area (Å²) in [7, 11) is 0. The molecule has 0 unspecified atom stereocenters. The van der Waals surface area contributed by atoms with Crippen LogP contribution in [0.3, 0.4) is 0 Å². The van der Waals surface area contributed by atoms with Gasteiger partial charge in [0.2, 0.25) is 0 Å². The molecule has 0 radical (unpaired) electrons. The number of nitrogens with one attached hydrogen (secondary N) is 1. The van der Waals surface area contributed by atoms with Crippen molar-refractivity contribution in [1.82, 2.24) is 0 Å². The number of halogens is 1. The van der Waals surface area contributed by atoms with Crippen molar-refractivity contribution < 1.29 is 14.3 Å². The highest BCUT2D eigenvalue weighted by molar-refractivity contribution is 9.10. The quantitative estimate of drug-likeness (QED) is 0.228.